The zero-order valence-corrected chi connectivity index (χ0v) is 26.0. The molecule has 2 heterocycles. The van der Waals surface area contributed by atoms with Crippen LogP contribution >= 0.6 is 0 Å². The molecule has 0 spiro atoms. The molecule has 0 radical (unpaired) electrons. The fourth-order valence-electron chi connectivity index (χ4n) is 6.36. The Morgan fingerprint density at radius 2 is 1.78 bits per heavy atom. The number of carbonyl (C=O) groups excluding carboxylic acids is 2. The van der Waals surface area contributed by atoms with Crippen molar-refractivity contribution in [3.63, 3.8) is 0 Å². The van der Waals surface area contributed by atoms with E-state index in [9.17, 15) is 9.59 Å². The molecule has 1 aromatic carbocycles. The van der Waals surface area contributed by atoms with Gasteiger partial charge in [-0.05, 0) is 121 Å². The lowest BCUT2D eigenvalue weighted by atomic mass is 9.88. The van der Waals surface area contributed by atoms with Gasteiger partial charge in [-0.25, -0.2) is 4.79 Å². The van der Waals surface area contributed by atoms with Crippen molar-refractivity contribution in [3.8, 4) is 0 Å². The van der Waals surface area contributed by atoms with E-state index >= 15 is 0 Å². The van der Waals surface area contributed by atoms with Crippen molar-refractivity contribution < 1.29 is 14.3 Å². The van der Waals surface area contributed by atoms with Gasteiger partial charge in [0.15, 0.2) is 0 Å². The lowest BCUT2D eigenvalue weighted by Gasteiger charge is -2.41. The Morgan fingerprint density at radius 3 is 2.46 bits per heavy atom. The SMILES string of the molecule is CCN(c1cccc2c1C/C=C/CCc1cc(C)nc(C)c1CNC2=O)[C@H]1CC[C@H](N(C)C(=O)OC(C)(C)C)CC1. The topological polar surface area (TPSA) is 74.8 Å². The number of benzene rings is 1. The normalized spacial score (nSPS) is 20.4. The number of nitrogens with zero attached hydrogens (tertiary/aromatic N) is 3. The highest BCUT2D eigenvalue weighted by Crippen LogP contribution is 2.33. The summed E-state index contributed by atoms with van der Waals surface area (Å²) in [5.74, 6) is -0.0412. The van der Waals surface area contributed by atoms with Gasteiger partial charge in [0.05, 0.1) is 0 Å². The van der Waals surface area contributed by atoms with Gasteiger partial charge in [-0.2, -0.15) is 0 Å². The third-order valence-electron chi connectivity index (χ3n) is 8.43. The first-order valence-corrected chi connectivity index (χ1v) is 15.2. The number of allylic oxidation sites excluding steroid dienone is 2. The van der Waals surface area contributed by atoms with Crippen LogP contribution < -0.4 is 10.2 Å². The van der Waals surface area contributed by atoms with Crippen molar-refractivity contribution >= 4 is 17.7 Å². The van der Waals surface area contributed by atoms with Crippen LogP contribution in [0.25, 0.3) is 0 Å². The summed E-state index contributed by atoms with van der Waals surface area (Å²) in [5, 5.41) is 3.21. The zero-order chi connectivity index (χ0) is 29.7. The second kappa shape index (κ2) is 13.1. The summed E-state index contributed by atoms with van der Waals surface area (Å²) in [7, 11) is 1.86. The van der Waals surface area contributed by atoms with Crippen LogP contribution in [0.2, 0.25) is 0 Å². The molecule has 1 aliphatic heterocycles. The first-order valence-electron chi connectivity index (χ1n) is 15.2. The van der Waals surface area contributed by atoms with Gasteiger partial charge in [0.25, 0.3) is 5.91 Å². The van der Waals surface area contributed by atoms with Gasteiger partial charge in [0.2, 0.25) is 0 Å². The van der Waals surface area contributed by atoms with E-state index in [0.717, 1.165) is 78.8 Å². The number of amides is 2. The van der Waals surface area contributed by atoms with Crippen molar-refractivity contribution in [1.82, 2.24) is 15.2 Å². The minimum atomic E-state index is -0.500. The average molecular weight is 561 g/mol. The molecular weight excluding hydrogens is 512 g/mol. The lowest BCUT2D eigenvalue weighted by Crippen LogP contribution is -2.46. The molecular formula is C34H48N4O3. The van der Waals surface area contributed by atoms with Gasteiger partial charge in [-0.15, -0.1) is 0 Å². The molecule has 0 saturated heterocycles. The van der Waals surface area contributed by atoms with Gasteiger partial charge >= 0.3 is 6.09 Å². The van der Waals surface area contributed by atoms with E-state index in [4.69, 9.17) is 4.74 Å². The maximum Gasteiger partial charge on any atom is 0.410 e. The fraction of sp³-hybridized carbons (Fsp3) is 0.559. The van der Waals surface area contributed by atoms with E-state index in [1.807, 2.05) is 53.8 Å². The summed E-state index contributed by atoms with van der Waals surface area (Å²) < 4.78 is 5.61. The van der Waals surface area contributed by atoms with E-state index in [1.54, 1.807) is 4.90 Å². The molecule has 2 aromatic rings. The molecule has 0 unspecified atom stereocenters. The van der Waals surface area contributed by atoms with Crippen LogP contribution in [0.3, 0.4) is 0 Å². The first kappa shape index (κ1) is 30.6. The van der Waals surface area contributed by atoms with Crippen LogP contribution in [-0.2, 0) is 24.1 Å². The van der Waals surface area contributed by atoms with Crippen LogP contribution in [0.5, 0.6) is 0 Å². The number of nitrogens with one attached hydrogen (secondary N) is 1. The van der Waals surface area contributed by atoms with E-state index in [2.05, 4.69) is 46.4 Å². The summed E-state index contributed by atoms with van der Waals surface area (Å²) in [6.07, 6.45) is 10.7. The van der Waals surface area contributed by atoms with Crippen LogP contribution in [0.15, 0.2) is 36.4 Å². The van der Waals surface area contributed by atoms with Crippen molar-refractivity contribution in [3.05, 3.63) is 70.1 Å². The van der Waals surface area contributed by atoms with Gasteiger partial charge in [0.1, 0.15) is 5.60 Å². The first-order chi connectivity index (χ1) is 19.5. The van der Waals surface area contributed by atoms with E-state index in [-0.39, 0.29) is 18.0 Å². The summed E-state index contributed by atoms with van der Waals surface area (Å²) in [6, 6.07) is 8.81. The zero-order valence-electron chi connectivity index (χ0n) is 26.0. The highest BCUT2D eigenvalue weighted by atomic mass is 16.6. The summed E-state index contributed by atoms with van der Waals surface area (Å²) >= 11 is 0. The number of ether oxygens (including phenoxy) is 1. The second-order valence-corrected chi connectivity index (χ2v) is 12.5. The second-order valence-electron chi connectivity index (χ2n) is 12.5. The number of aryl methyl sites for hydroxylation is 3. The molecule has 1 N–H and O–H groups in total. The van der Waals surface area contributed by atoms with Gasteiger partial charge in [0, 0.05) is 54.9 Å². The van der Waals surface area contributed by atoms with Crippen molar-refractivity contribution in [1.29, 1.82) is 0 Å². The highest BCUT2D eigenvalue weighted by Gasteiger charge is 2.32. The van der Waals surface area contributed by atoms with Crippen LogP contribution in [-0.4, -0.2) is 53.2 Å². The van der Waals surface area contributed by atoms with E-state index in [1.165, 1.54) is 5.56 Å². The minimum Gasteiger partial charge on any atom is -0.444 e. The van der Waals surface area contributed by atoms with Crippen LogP contribution in [0.1, 0.15) is 98.2 Å². The summed E-state index contributed by atoms with van der Waals surface area (Å²) in [6.45, 7) is 13.3. The Kier molecular flexibility index (Phi) is 9.77. The molecule has 1 aliphatic carbocycles. The molecule has 2 amide bonds. The number of rotatable bonds is 4. The molecule has 41 heavy (non-hydrogen) atoms. The Bertz CT molecular complexity index is 1270. The lowest BCUT2D eigenvalue weighted by molar-refractivity contribution is 0.0183. The third kappa shape index (κ3) is 7.49. The predicted molar refractivity (Wildman–Crippen MR) is 166 cm³/mol. The van der Waals surface area contributed by atoms with Crippen molar-refractivity contribution in [2.75, 3.05) is 18.5 Å². The van der Waals surface area contributed by atoms with Gasteiger partial charge in [-0.1, -0.05) is 18.2 Å². The molecule has 2 aliphatic rings. The minimum absolute atomic E-state index is 0.0412. The molecule has 222 valence electrons. The molecule has 0 atom stereocenters. The van der Waals surface area contributed by atoms with Crippen molar-refractivity contribution in [2.24, 2.45) is 0 Å². The molecule has 7 nitrogen and oxygen atoms in total. The number of hydrogen-bond acceptors (Lipinski definition) is 5. The largest absolute Gasteiger partial charge is 0.444 e. The Balaban J connectivity index is 1.54. The average Bonchev–Trinajstić information content (AvgIpc) is 2.91. The quantitative estimate of drug-likeness (QED) is 0.423. The molecule has 0 bridgehead atoms. The molecule has 4 rings (SSSR count). The summed E-state index contributed by atoms with van der Waals surface area (Å²) in [4.78, 5) is 35.2. The predicted octanol–water partition coefficient (Wildman–Crippen LogP) is 6.68. The number of anilines is 1. The van der Waals surface area contributed by atoms with Crippen molar-refractivity contribution in [2.45, 2.75) is 111 Å². The fourth-order valence-corrected chi connectivity index (χ4v) is 6.36. The molecule has 1 fully saturated rings. The maximum absolute atomic E-state index is 13.6. The molecule has 1 saturated carbocycles. The third-order valence-corrected chi connectivity index (χ3v) is 8.43. The van der Waals surface area contributed by atoms with Gasteiger partial charge in [-0.3, -0.25) is 9.78 Å². The van der Waals surface area contributed by atoms with E-state index in [0.29, 0.717) is 19.0 Å². The highest BCUT2D eigenvalue weighted by molar-refractivity contribution is 5.97. The number of fused-ring (bicyclic) bond motifs is 2. The monoisotopic (exact) mass is 560 g/mol. The smallest absolute Gasteiger partial charge is 0.410 e. The number of hydrogen-bond donors (Lipinski definition) is 1. The number of carbonyl (C=O) groups is 2. The number of aromatic nitrogens is 1. The standard InChI is InChI=1S/C34H48N4O3/c1-8-38(27-19-17-26(18-20-27)37(7)33(40)41-34(4,5)6)31-16-12-15-29-28(31)14-11-9-10-13-25-21-23(2)36-24(3)30(25)22-35-32(29)39/h9,11-12,15-16,21,26-27H,8,10,13-14,17-20,22H2,1-7H3,(H,35,39)/b11-9+/t26-,27-. The van der Waals surface area contributed by atoms with E-state index < -0.39 is 5.60 Å². The Morgan fingerprint density at radius 1 is 1.07 bits per heavy atom. The Labute approximate surface area is 246 Å². The summed E-state index contributed by atoms with van der Waals surface area (Å²) in [5.41, 5.74) is 6.85. The molecule has 1 aromatic heterocycles. The Hall–Kier alpha value is -3.35. The number of pyridine rings is 1. The van der Waals surface area contributed by atoms with Crippen LogP contribution in [0.4, 0.5) is 10.5 Å². The maximum atomic E-state index is 13.6. The van der Waals surface area contributed by atoms with Crippen LogP contribution in [0, 0.1) is 13.8 Å². The van der Waals surface area contributed by atoms with Gasteiger partial charge < -0.3 is 19.9 Å². The molecule has 7 heteroatoms.